The maximum absolute atomic E-state index is 10.2. The highest BCUT2D eigenvalue weighted by Gasteiger charge is 2.08. The van der Waals surface area contributed by atoms with E-state index in [-0.39, 0.29) is 5.69 Å². The van der Waals surface area contributed by atoms with Gasteiger partial charge in [-0.25, -0.2) is 0 Å². The second-order valence-corrected chi connectivity index (χ2v) is 1.76. The molecule has 0 saturated carbocycles. The Bertz CT molecular complexity index is 261. The zero-order chi connectivity index (χ0) is 7.56. The fraction of sp³-hybridized carbons (Fsp3) is 0.200. The van der Waals surface area contributed by atoms with Crippen LogP contribution < -0.4 is 0 Å². The lowest BCUT2D eigenvalue weighted by Crippen LogP contribution is -1.94. The van der Waals surface area contributed by atoms with Crippen molar-refractivity contribution in [1.29, 1.82) is 0 Å². The number of nitrogens with zero attached hydrogens (tertiary/aromatic N) is 3. The third kappa shape index (κ3) is 1.07. The van der Waals surface area contributed by atoms with Crippen molar-refractivity contribution in [2.75, 3.05) is 0 Å². The van der Waals surface area contributed by atoms with E-state index in [0.717, 1.165) is 0 Å². The predicted molar refractivity (Wildman–Crippen MR) is 33.4 cm³/mol. The molecule has 10 heavy (non-hydrogen) atoms. The Hall–Kier alpha value is -1.52. The molecule has 0 aliphatic heterocycles. The molecule has 1 heterocycles. The molecule has 0 radical (unpaired) electrons. The lowest BCUT2D eigenvalue weighted by molar-refractivity contribution is -0.385. The van der Waals surface area contributed by atoms with Crippen molar-refractivity contribution < 1.29 is 4.92 Å². The number of hydrogen-bond acceptors (Lipinski definition) is 4. The largest absolute Gasteiger partial charge is 0.293 e. The SMILES string of the molecule is Cc1nnccc1[N+](=O)[O-]. The van der Waals surface area contributed by atoms with Crippen molar-refractivity contribution in [2.24, 2.45) is 0 Å². The van der Waals surface area contributed by atoms with Crippen LogP contribution in [0, 0.1) is 17.0 Å². The molecule has 0 spiro atoms. The van der Waals surface area contributed by atoms with Crippen molar-refractivity contribution in [3.63, 3.8) is 0 Å². The molecule has 1 rings (SSSR count). The molecular weight excluding hydrogens is 134 g/mol. The van der Waals surface area contributed by atoms with Gasteiger partial charge in [0.1, 0.15) is 5.69 Å². The lowest BCUT2D eigenvalue weighted by atomic mass is 10.4. The second-order valence-electron chi connectivity index (χ2n) is 1.76. The zero-order valence-corrected chi connectivity index (χ0v) is 5.31. The number of aromatic nitrogens is 2. The summed E-state index contributed by atoms with van der Waals surface area (Å²) in [6, 6.07) is 1.32. The van der Waals surface area contributed by atoms with E-state index in [1.54, 1.807) is 6.92 Å². The first-order valence-electron chi connectivity index (χ1n) is 2.64. The minimum atomic E-state index is -0.482. The van der Waals surface area contributed by atoms with E-state index in [1.807, 2.05) is 0 Å². The van der Waals surface area contributed by atoms with Gasteiger partial charge in [0.15, 0.2) is 0 Å². The van der Waals surface area contributed by atoms with E-state index in [1.165, 1.54) is 12.3 Å². The Morgan fingerprint density at radius 2 is 2.40 bits per heavy atom. The Kier molecular flexibility index (Phi) is 1.57. The van der Waals surface area contributed by atoms with E-state index in [0.29, 0.717) is 5.69 Å². The Balaban J connectivity index is 3.15. The standard InChI is InChI=1S/C5H5N3O2/c1-4-5(8(9)10)2-3-6-7-4/h2-3H,1H3. The Morgan fingerprint density at radius 3 is 2.80 bits per heavy atom. The summed E-state index contributed by atoms with van der Waals surface area (Å²) in [5.41, 5.74) is 0.350. The number of rotatable bonds is 1. The molecule has 0 aliphatic carbocycles. The molecule has 0 saturated heterocycles. The summed E-state index contributed by atoms with van der Waals surface area (Å²) in [5, 5.41) is 17.1. The summed E-state index contributed by atoms with van der Waals surface area (Å²) >= 11 is 0. The van der Waals surface area contributed by atoms with Crippen LogP contribution in [0.2, 0.25) is 0 Å². The molecule has 1 aromatic rings. The van der Waals surface area contributed by atoms with Gasteiger partial charge >= 0.3 is 0 Å². The quantitative estimate of drug-likeness (QED) is 0.424. The van der Waals surface area contributed by atoms with Crippen LogP contribution in [0.25, 0.3) is 0 Å². The first-order valence-corrected chi connectivity index (χ1v) is 2.64. The summed E-state index contributed by atoms with van der Waals surface area (Å²) in [7, 11) is 0. The third-order valence-corrected chi connectivity index (χ3v) is 1.07. The van der Waals surface area contributed by atoms with Crippen LogP contribution >= 0.6 is 0 Å². The van der Waals surface area contributed by atoms with Crippen molar-refractivity contribution in [3.8, 4) is 0 Å². The maximum Gasteiger partial charge on any atom is 0.293 e. The van der Waals surface area contributed by atoms with Gasteiger partial charge in [-0.3, -0.25) is 10.1 Å². The molecule has 0 fully saturated rings. The van der Waals surface area contributed by atoms with Gasteiger partial charge in [0.2, 0.25) is 0 Å². The molecule has 0 bridgehead atoms. The summed E-state index contributed by atoms with van der Waals surface area (Å²) in [6.45, 7) is 1.55. The van der Waals surface area contributed by atoms with E-state index >= 15 is 0 Å². The van der Waals surface area contributed by atoms with E-state index in [2.05, 4.69) is 10.2 Å². The van der Waals surface area contributed by atoms with E-state index in [4.69, 9.17) is 0 Å². The molecule has 0 N–H and O–H groups in total. The molecule has 0 aromatic carbocycles. The molecular formula is C5H5N3O2. The zero-order valence-electron chi connectivity index (χ0n) is 5.31. The predicted octanol–water partition coefficient (Wildman–Crippen LogP) is 0.693. The molecule has 0 unspecified atom stereocenters. The van der Waals surface area contributed by atoms with Crippen LogP contribution in [0.1, 0.15) is 5.69 Å². The minimum Gasteiger partial charge on any atom is -0.258 e. The second kappa shape index (κ2) is 2.38. The minimum absolute atomic E-state index is 0.00926. The fourth-order valence-electron chi connectivity index (χ4n) is 0.589. The average Bonchev–Trinajstić information content (AvgIpc) is 1.88. The van der Waals surface area contributed by atoms with Crippen LogP contribution in [0.15, 0.2) is 12.3 Å². The van der Waals surface area contributed by atoms with Crippen LogP contribution in [0.4, 0.5) is 5.69 Å². The van der Waals surface area contributed by atoms with Gasteiger partial charge in [-0.1, -0.05) is 0 Å². The molecule has 0 aliphatic rings. The van der Waals surface area contributed by atoms with Crippen molar-refractivity contribution >= 4 is 5.69 Å². The fourth-order valence-corrected chi connectivity index (χ4v) is 0.589. The topological polar surface area (TPSA) is 68.9 Å². The van der Waals surface area contributed by atoms with Gasteiger partial charge in [-0.15, -0.1) is 5.10 Å². The van der Waals surface area contributed by atoms with Crippen LogP contribution in [-0.2, 0) is 0 Å². The monoisotopic (exact) mass is 139 g/mol. The highest BCUT2D eigenvalue weighted by atomic mass is 16.6. The van der Waals surface area contributed by atoms with Crippen LogP contribution in [0.5, 0.6) is 0 Å². The van der Waals surface area contributed by atoms with Crippen LogP contribution in [-0.4, -0.2) is 15.1 Å². The first kappa shape index (κ1) is 6.60. The van der Waals surface area contributed by atoms with Crippen LogP contribution in [0.3, 0.4) is 0 Å². The first-order chi connectivity index (χ1) is 4.72. The normalized spacial score (nSPS) is 9.30. The molecule has 0 amide bonds. The van der Waals surface area contributed by atoms with E-state index in [9.17, 15) is 10.1 Å². The summed E-state index contributed by atoms with van der Waals surface area (Å²) < 4.78 is 0. The molecule has 0 atom stereocenters. The molecule has 5 heteroatoms. The summed E-state index contributed by atoms with van der Waals surface area (Å²) in [5.74, 6) is 0. The highest BCUT2D eigenvalue weighted by molar-refractivity contribution is 5.30. The maximum atomic E-state index is 10.2. The van der Waals surface area contributed by atoms with Gasteiger partial charge in [0.25, 0.3) is 5.69 Å². The number of nitro groups is 1. The van der Waals surface area contributed by atoms with Gasteiger partial charge < -0.3 is 0 Å². The lowest BCUT2D eigenvalue weighted by Gasteiger charge is -1.90. The Morgan fingerprint density at radius 1 is 1.70 bits per heavy atom. The molecule has 52 valence electrons. The summed E-state index contributed by atoms with van der Waals surface area (Å²) in [4.78, 5) is 9.68. The number of hydrogen-bond donors (Lipinski definition) is 0. The Labute approximate surface area is 56.9 Å². The summed E-state index contributed by atoms with van der Waals surface area (Å²) in [6.07, 6.45) is 1.30. The van der Waals surface area contributed by atoms with Gasteiger partial charge in [0.05, 0.1) is 11.1 Å². The van der Waals surface area contributed by atoms with Gasteiger partial charge in [0, 0.05) is 6.07 Å². The van der Waals surface area contributed by atoms with E-state index < -0.39 is 4.92 Å². The van der Waals surface area contributed by atoms with Crippen molar-refractivity contribution in [3.05, 3.63) is 28.1 Å². The highest BCUT2D eigenvalue weighted by Crippen LogP contribution is 2.10. The van der Waals surface area contributed by atoms with Gasteiger partial charge in [-0.05, 0) is 6.92 Å². The smallest absolute Gasteiger partial charge is 0.258 e. The third-order valence-electron chi connectivity index (χ3n) is 1.07. The van der Waals surface area contributed by atoms with Crippen molar-refractivity contribution in [1.82, 2.24) is 10.2 Å². The molecule has 5 nitrogen and oxygen atoms in total. The molecule has 1 aromatic heterocycles. The number of aryl methyl sites for hydroxylation is 1. The van der Waals surface area contributed by atoms with Gasteiger partial charge in [-0.2, -0.15) is 5.10 Å². The van der Waals surface area contributed by atoms with Crippen molar-refractivity contribution in [2.45, 2.75) is 6.92 Å². The average molecular weight is 139 g/mol.